The Labute approximate surface area is 96.6 Å². The molecule has 0 aromatic heterocycles. The van der Waals surface area contributed by atoms with Crippen LogP contribution in [-0.2, 0) is 9.22 Å². The lowest BCUT2D eigenvalue weighted by molar-refractivity contribution is -0.132. The van der Waals surface area contributed by atoms with Crippen molar-refractivity contribution in [3.63, 3.8) is 0 Å². The molecule has 0 aliphatic carbocycles. The van der Waals surface area contributed by atoms with Crippen LogP contribution in [-0.4, -0.2) is 15.0 Å². The lowest BCUT2D eigenvalue weighted by Crippen LogP contribution is -2.32. The summed E-state index contributed by atoms with van der Waals surface area (Å²) in [6.07, 6.45) is 0. The Hall–Kier alpha value is -1.61. The number of benzene rings is 2. The Kier molecular flexibility index (Phi) is 3.06. The van der Waals surface area contributed by atoms with Crippen molar-refractivity contribution in [1.29, 1.82) is 0 Å². The standard InChI is InChI=1S/C13H13O2Si/c1-10(14)15-16(2)13-9-5-7-11-6-3-4-8-12(11)13/h3-9H,1-2H3. The first-order chi connectivity index (χ1) is 7.68. The van der Waals surface area contributed by atoms with E-state index in [0.29, 0.717) is 0 Å². The van der Waals surface area contributed by atoms with Gasteiger partial charge in [0.2, 0.25) is 0 Å². The van der Waals surface area contributed by atoms with Gasteiger partial charge in [0, 0.05) is 6.92 Å². The highest BCUT2D eigenvalue weighted by Crippen LogP contribution is 2.11. The van der Waals surface area contributed by atoms with E-state index < -0.39 is 9.04 Å². The third-order valence-corrected chi connectivity index (χ3v) is 4.25. The van der Waals surface area contributed by atoms with E-state index in [0.717, 1.165) is 5.19 Å². The second kappa shape index (κ2) is 4.49. The van der Waals surface area contributed by atoms with Gasteiger partial charge in [-0.1, -0.05) is 42.5 Å². The van der Waals surface area contributed by atoms with E-state index in [2.05, 4.69) is 18.2 Å². The molecule has 0 saturated heterocycles. The van der Waals surface area contributed by atoms with Crippen molar-refractivity contribution in [3.8, 4) is 0 Å². The fourth-order valence-electron chi connectivity index (χ4n) is 1.80. The van der Waals surface area contributed by atoms with Crippen molar-refractivity contribution in [2.24, 2.45) is 0 Å². The number of hydrogen-bond acceptors (Lipinski definition) is 2. The first-order valence-corrected chi connectivity index (χ1v) is 7.09. The molecule has 0 aliphatic heterocycles. The molecule has 2 aromatic rings. The number of fused-ring (bicyclic) bond motifs is 1. The topological polar surface area (TPSA) is 26.3 Å². The highest BCUT2D eigenvalue weighted by molar-refractivity contribution is 6.70. The van der Waals surface area contributed by atoms with Crippen LogP contribution in [0.5, 0.6) is 0 Å². The Morgan fingerprint density at radius 2 is 1.81 bits per heavy atom. The van der Waals surface area contributed by atoms with E-state index in [1.54, 1.807) is 0 Å². The van der Waals surface area contributed by atoms with Crippen LogP contribution in [0.1, 0.15) is 6.92 Å². The van der Waals surface area contributed by atoms with Crippen LogP contribution in [0.15, 0.2) is 42.5 Å². The summed E-state index contributed by atoms with van der Waals surface area (Å²) in [6, 6.07) is 14.3. The largest absolute Gasteiger partial charge is 0.513 e. The maximum atomic E-state index is 11.0. The lowest BCUT2D eigenvalue weighted by Gasteiger charge is -2.11. The summed E-state index contributed by atoms with van der Waals surface area (Å²) in [5, 5.41) is 3.53. The molecule has 0 bridgehead atoms. The molecule has 81 valence electrons. The van der Waals surface area contributed by atoms with Gasteiger partial charge < -0.3 is 4.43 Å². The van der Waals surface area contributed by atoms with Crippen LogP contribution < -0.4 is 5.19 Å². The quantitative estimate of drug-likeness (QED) is 0.738. The first-order valence-electron chi connectivity index (χ1n) is 5.18. The first kappa shape index (κ1) is 10.9. The second-order valence-electron chi connectivity index (χ2n) is 3.68. The fraction of sp³-hybridized carbons (Fsp3) is 0.154. The normalized spacial score (nSPS) is 10.7. The highest BCUT2D eigenvalue weighted by atomic mass is 28.3. The van der Waals surface area contributed by atoms with Gasteiger partial charge in [0.05, 0.1) is 0 Å². The zero-order chi connectivity index (χ0) is 11.5. The monoisotopic (exact) mass is 229 g/mol. The van der Waals surface area contributed by atoms with Crippen LogP contribution in [0.25, 0.3) is 10.8 Å². The number of hydrogen-bond donors (Lipinski definition) is 0. The van der Waals surface area contributed by atoms with Crippen molar-refractivity contribution in [3.05, 3.63) is 42.5 Å². The second-order valence-corrected chi connectivity index (χ2v) is 5.53. The zero-order valence-corrected chi connectivity index (χ0v) is 10.4. The summed E-state index contributed by atoms with van der Waals surface area (Å²) in [7, 11) is -1.24. The van der Waals surface area contributed by atoms with Gasteiger partial charge in [-0.05, 0) is 22.5 Å². The number of rotatable bonds is 2. The summed E-state index contributed by atoms with van der Waals surface area (Å²) in [6.45, 7) is 3.45. The zero-order valence-electron chi connectivity index (χ0n) is 9.36. The molecular formula is C13H13O2Si. The molecule has 16 heavy (non-hydrogen) atoms. The summed E-state index contributed by atoms with van der Waals surface area (Å²) in [5.41, 5.74) is 0. The molecule has 0 heterocycles. The van der Waals surface area contributed by atoms with Crippen molar-refractivity contribution >= 4 is 31.0 Å². The minimum Gasteiger partial charge on any atom is -0.513 e. The molecule has 0 amide bonds. The molecular weight excluding hydrogens is 216 g/mol. The predicted octanol–water partition coefficient (Wildman–Crippen LogP) is 2.23. The summed E-state index contributed by atoms with van der Waals surface area (Å²) >= 11 is 0. The fourth-order valence-corrected chi connectivity index (χ4v) is 3.28. The van der Waals surface area contributed by atoms with Gasteiger partial charge in [-0.2, -0.15) is 0 Å². The Morgan fingerprint density at radius 3 is 2.56 bits per heavy atom. The van der Waals surface area contributed by atoms with Crippen molar-refractivity contribution in [1.82, 2.24) is 0 Å². The van der Waals surface area contributed by atoms with Gasteiger partial charge in [0.15, 0.2) is 0 Å². The SMILES string of the molecule is CC(=O)O[Si](C)c1cccc2ccccc12. The number of carbonyl (C=O) groups is 1. The minimum absolute atomic E-state index is 0.204. The molecule has 0 unspecified atom stereocenters. The third kappa shape index (κ3) is 2.14. The minimum atomic E-state index is -1.24. The molecule has 1 radical (unpaired) electrons. The third-order valence-electron chi connectivity index (χ3n) is 2.47. The van der Waals surface area contributed by atoms with Gasteiger partial charge >= 0.3 is 9.04 Å². The summed E-state index contributed by atoms with van der Waals surface area (Å²) in [5.74, 6) is -0.204. The molecule has 0 atom stereocenters. The van der Waals surface area contributed by atoms with Crippen LogP contribution in [0, 0.1) is 0 Å². The molecule has 0 aliphatic rings. The van der Waals surface area contributed by atoms with Gasteiger partial charge in [0.25, 0.3) is 5.97 Å². The number of carbonyl (C=O) groups excluding carboxylic acids is 1. The summed E-state index contributed by atoms with van der Waals surface area (Å²) in [4.78, 5) is 11.0. The molecule has 0 fully saturated rings. The van der Waals surface area contributed by atoms with Gasteiger partial charge in [-0.25, -0.2) is 0 Å². The summed E-state index contributed by atoms with van der Waals surface area (Å²) < 4.78 is 5.31. The molecule has 2 rings (SSSR count). The average Bonchev–Trinajstić information content (AvgIpc) is 2.27. The van der Waals surface area contributed by atoms with Crippen LogP contribution in [0.4, 0.5) is 0 Å². The van der Waals surface area contributed by atoms with E-state index in [9.17, 15) is 4.79 Å². The van der Waals surface area contributed by atoms with E-state index >= 15 is 0 Å². The van der Waals surface area contributed by atoms with E-state index in [-0.39, 0.29) is 5.97 Å². The van der Waals surface area contributed by atoms with Crippen LogP contribution in [0.2, 0.25) is 6.55 Å². The molecule has 3 heteroatoms. The van der Waals surface area contributed by atoms with Crippen molar-refractivity contribution in [2.45, 2.75) is 13.5 Å². The van der Waals surface area contributed by atoms with Gasteiger partial charge in [-0.3, -0.25) is 4.79 Å². The predicted molar refractivity (Wildman–Crippen MR) is 67.0 cm³/mol. The van der Waals surface area contributed by atoms with Crippen molar-refractivity contribution < 1.29 is 9.22 Å². The smallest absolute Gasteiger partial charge is 0.317 e. The van der Waals surface area contributed by atoms with Gasteiger partial charge in [0.1, 0.15) is 0 Å². The Balaban J connectivity index is 2.47. The van der Waals surface area contributed by atoms with Crippen molar-refractivity contribution in [2.75, 3.05) is 0 Å². The highest BCUT2D eigenvalue weighted by Gasteiger charge is 2.15. The van der Waals surface area contributed by atoms with E-state index in [1.807, 2.05) is 30.8 Å². The maximum absolute atomic E-state index is 11.0. The molecule has 0 spiro atoms. The Bertz CT molecular complexity index is 517. The molecule has 2 nitrogen and oxygen atoms in total. The van der Waals surface area contributed by atoms with E-state index in [4.69, 9.17) is 4.43 Å². The van der Waals surface area contributed by atoms with E-state index in [1.165, 1.54) is 17.7 Å². The molecule has 2 aromatic carbocycles. The molecule has 0 saturated carbocycles. The van der Waals surface area contributed by atoms with Crippen LogP contribution >= 0.6 is 0 Å². The maximum Gasteiger partial charge on any atom is 0.317 e. The lowest BCUT2D eigenvalue weighted by atomic mass is 10.1. The van der Waals surface area contributed by atoms with Gasteiger partial charge in [-0.15, -0.1) is 0 Å². The Morgan fingerprint density at radius 1 is 1.12 bits per heavy atom. The average molecular weight is 229 g/mol. The van der Waals surface area contributed by atoms with Crippen LogP contribution in [0.3, 0.4) is 0 Å². The molecule has 0 N–H and O–H groups in total.